The smallest absolute Gasteiger partial charge is 0.159 e. The highest BCUT2D eigenvalue weighted by Gasteiger charge is 2.09. The van der Waals surface area contributed by atoms with E-state index in [4.69, 9.17) is 4.42 Å². The minimum Gasteiger partial charge on any atom is -0.469 e. The molecule has 2 rings (SSSR count). The number of aryl methyl sites for hydroxylation is 1. The van der Waals surface area contributed by atoms with E-state index in [9.17, 15) is 8.78 Å². The molecule has 0 aliphatic rings. The topological polar surface area (TPSA) is 13.1 Å². The van der Waals surface area contributed by atoms with Gasteiger partial charge in [0.1, 0.15) is 5.76 Å². The van der Waals surface area contributed by atoms with E-state index in [1.807, 2.05) is 12.1 Å². The molecule has 0 amide bonds. The van der Waals surface area contributed by atoms with Gasteiger partial charge in [-0.2, -0.15) is 0 Å². The first-order valence-corrected chi connectivity index (χ1v) is 6.67. The van der Waals surface area contributed by atoms with E-state index in [2.05, 4.69) is 15.9 Å². The van der Waals surface area contributed by atoms with E-state index in [-0.39, 0.29) is 4.83 Å². The van der Waals surface area contributed by atoms with Crippen molar-refractivity contribution in [3.05, 3.63) is 59.6 Å². The van der Waals surface area contributed by atoms with Crippen LogP contribution in [-0.2, 0) is 12.8 Å². The van der Waals surface area contributed by atoms with Crippen LogP contribution in [0.1, 0.15) is 17.7 Å². The highest BCUT2D eigenvalue weighted by molar-refractivity contribution is 9.09. The van der Waals surface area contributed by atoms with Gasteiger partial charge in [-0.25, -0.2) is 8.78 Å². The molecule has 1 aromatic heterocycles. The van der Waals surface area contributed by atoms with Gasteiger partial charge in [0.15, 0.2) is 11.6 Å². The lowest BCUT2D eigenvalue weighted by Gasteiger charge is -2.09. The quantitative estimate of drug-likeness (QED) is 0.741. The Balaban J connectivity index is 1.86. The summed E-state index contributed by atoms with van der Waals surface area (Å²) < 4.78 is 31.0. The van der Waals surface area contributed by atoms with Crippen molar-refractivity contribution in [1.82, 2.24) is 0 Å². The molecular formula is C14H13BrF2O. The highest BCUT2D eigenvalue weighted by Crippen LogP contribution is 2.18. The fraction of sp³-hybridized carbons (Fsp3) is 0.286. The number of rotatable bonds is 5. The molecule has 1 nitrogen and oxygen atoms in total. The molecule has 0 spiro atoms. The first-order valence-electron chi connectivity index (χ1n) is 5.75. The lowest BCUT2D eigenvalue weighted by Crippen LogP contribution is -2.05. The molecule has 0 aliphatic carbocycles. The maximum atomic E-state index is 13.0. The van der Waals surface area contributed by atoms with Crippen molar-refractivity contribution in [3.63, 3.8) is 0 Å². The molecule has 0 saturated carbocycles. The van der Waals surface area contributed by atoms with Crippen molar-refractivity contribution in [2.24, 2.45) is 0 Å². The zero-order valence-electron chi connectivity index (χ0n) is 9.70. The molecule has 1 atom stereocenters. The van der Waals surface area contributed by atoms with Gasteiger partial charge >= 0.3 is 0 Å². The molecule has 1 heterocycles. The van der Waals surface area contributed by atoms with Crippen LogP contribution < -0.4 is 0 Å². The summed E-state index contributed by atoms with van der Waals surface area (Å²) >= 11 is 3.55. The van der Waals surface area contributed by atoms with Crippen molar-refractivity contribution in [3.8, 4) is 0 Å². The molecule has 0 aliphatic heterocycles. The Bertz CT molecular complexity index is 497. The summed E-state index contributed by atoms with van der Waals surface area (Å²) in [6.07, 6.45) is 4.02. The minimum absolute atomic E-state index is 0.215. The number of alkyl halides is 1. The van der Waals surface area contributed by atoms with Gasteiger partial charge in [-0.05, 0) is 42.7 Å². The van der Waals surface area contributed by atoms with Crippen LogP contribution in [0.25, 0.3) is 0 Å². The van der Waals surface area contributed by atoms with Gasteiger partial charge < -0.3 is 4.42 Å². The third kappa shape index (κ3) is 3.67. The van der Waals surface area contributed by atoms with Crippen LogP contribution >= 0.6 is 15.9 Å². The molecule has 4 heteroatoms. The Morgan fingerprint density at radius 3 is 2.67 bits per heavy atom. The average molecular weight is 315 g/mol. The van der Waals surface area contributed by atoms with E-state index < -0.39 is 11.6 Å². The molecule has 96 valence electrons. The first-order chi connectivity index (χ1) is 8.65. The molecule has 18 heavy (non-hydrogen) atoms. The molecular weight excluding hydrogens is 302 g/mol. The number of halogens is 3. The summed E-state index contributed by atoms with van der Waals surface area (Å²) in [5.74, 6) is -0.663. The van der Waals surface area contributed by atoms with Gasteiger partial charge in [0, 0.05) is 11.2 Å². The van der Waals surface area contributed by atoms with Crippen molar-refractivity contribution in [2.45, 2.75) is 24.1 Å². The third-order valence-electron chi connectivity index (χ3n) is 2.73. The maximum Gasteiger partial charge on any atom is 0.159 e. The standard InChI is InChI=1S/C14H13BrF2O/c15-11(4-5-12-2-1-7-18-12)8-10-3-6-13(16)14(17)9-10/h1-3,6-7,9,11H,4-5,8H2. The van der Waals surface area contributed by atoms with E-state index in [1.54, 1.807) is 12.3 Å². The van der Waals surface area contributed by atoms with Crippen LogP contribution in [0.3, 0.4) is 0 Å². The van der Waals surface area contributed by atoms with Crippen LogP contribution in [-0.4, -0.2) is 4.83 Å². The number of hydrogen-bond acceptors (Lipinski definition) is 1. The van der Waals surface area contributed by atoms with Gasteiger partial charge in [-0.1, -0.05) is 22.0 Å². The van der Waals surface area contributed by atoms with Crippen molar-refractivity contribution in [2.75, 3.05) is 0 Å². The molecule has 0 saturated heterocycles. The van der Waals surface area contributed by atoms with Gasteiger partial charge in [-0.3, -0.25) is 0 Å². The molecule has 0 fully saturated rings. The molecule has 1 aromatic carbocycles. The van der Waals surface area contributed by atoms with Gasteiger partial charge in [0.05, 0.1) is 6.26 Å². The second-order valence-corrected chi connectivity index (χ2v) is 5.46. The molecule has 2 aromatic rings. The SMILES string of the molecule is Fc1ccc(CC(Br)CCc2ccco2)cc1F. The van der Waals surface area contributed by atoms with Gasteiger partial charge in [0.25, 0.3) is 0 Å². The Hall–Kier alpha value is -1.16. The lowest BCUT2D eigenvalue weighted by molar-refractivity contribution is 0.498. The third-order valence-corrected chi connectivity index (χ3v) is 3.51. The fourth-order valence-corrected chi connectivity index (χ4v) is 2.38. The summed E-state index contributed by atoms with van der Waals surface area (Å²) in [4.78, 5) is 0.215. The fourth-order valence-electron chi connectivity index (χ4n) is 1.78. The second kappa shape index (κ2) is 6.14. The zero-order valence-corrected chi connectivity index (χ0v) is 11.3. The summed E-state index contributed by atoms with van der Waals surface area (Å²) in [6, 6.07) is 7.80. The van der Waals surface area contributed by atoms with E-state index in [0.717, 1.165) is 30.2 Å². The Morgan fingerprint density at radius 1 is 1.17 bits per heavy atom. The predicted molar refractivity (Wildman–Crippen MR) is 69.8 cm³/mol. The summed E-state index contributed by atoms with van der Waals surface area (Å²) in [5, 5.41) is 0. The first kappa shape index (κ1) is 13.3. The van der Waals surface area contributed by atoms with Crippen LogP contribution in [0.15, 0.2) is 41.0 Å². The predicted octanol–water partition coefficient (Wildman–Crippen LogP) is 4.50. The van der Waals surface area contributed by atoms with Gasteiger partial charge in [0.2, 0.25) is 0 Å². The normalized spacial score (nSPS) is 12.6. The average Bonchev–Trinajstić information content (AvgIpc) is 2.84. The van der Waals surface area contributed by atoms with Crippen LogP contribution in [0.5, 0.6) is 0 Å². The van der Waals surface area contributed by atoms with E-state index >= 15 is 0 Å². The van der Waals surface area contributed by atoms with Gasteiger partial charge in [-0.15, -0.1) is 0 Å². The summed E-state index contributed by atoms with van der Waals surface area (Å²) in [7, 11) is 0. The van der Waals surface area contributed by atoms with Crippen molar-refractivity contribution >= 4 is 15.9 Å². The molecule has 1 unspecified atom stereocenters. The Kier molecular flexibility index (Phi) is 4.53. The molecule has 0 bridgehead atoms. The van der Waals surface area contributed by atoms with Crippen LogP contribution in [0, 0.1) is 11.6 Å². The Morgan fingerprint density at radius 2 is 2.00 bits per heavy atom. The summed E-state index contributed by atoms with van der Waals surface area (Å²) in [6.45, 7) is 0. The number of benzene rings is 1. The molecule has 0 radical (unpaired) electrons. The van der Waals surface area contributed by atoms with E-state index in [1.165, 1.54) is 6.07 Å². The van der Waals surface area contributed by atoms with Crippen LogP contribution in [0.4, 0.5) is 8.78 Å². The highest BCUT2D eigenvalue weighted by atomic mass is 79.9. The van der Waals surface area contributed by atoms with Crippen LogP contribution in [0.2, 0.25) is 0 Å². The maximum absolute atomic E-state index is 13.0. The summed E-state index contributed by atoms with van der Waals surface area (Å²) in [5.41, 5.74) is 0.787. The monoisotopic (exact) mass is 314 g/mol. The second-order valence-electron chi connectivity index (χ2n) is 4.17. The van der Waals surface area contributed by atoms with E-state index in [0.29, 0.717) is 6.42 Å². The largest absolute Gasteiger partial charge is 0.469 e. The Labute approximate surface area is 113 Å². The number of furan rings is 1. The zero-order chi connectivity index (χ0) is 13.0. The number of hydrogen-bond donors (Lipinski definition) is 0. The molecule has 0 N–H and O–H groups in total. The minimum atomic E-state index is -0.805. The van der Waals surface area contributed by atoms with Crippen molar-refractivity contribution < 1.29 is 13.2 Å². The van der Waals surface area contributed by atoms with Crippen molar-refractivity contribution in [1.29, 1.82) is 0 Å². The lowest BCUT2D eigenvalue weighted by atomic mass is 10.1.